The predicted molar refractivity (Wildman–Crippen MR) is 37.9 cm³/mol. The van der Waals surface area contributed by atoms with Gasteiger partial charge in [-0.3, -0.25) is 0 Å². The van der Waals surface area contributed by atoms with Gasteiger partial charge in [0.15, 0.2) is 6.29 Å². The highest BCUT2D eigenvalue weighted by Crippen LogP contribution is 2.12. The van der Waals surface area contributed by atoms with Crippen molar-refractivity contribution in [2.75, 3.05) is 13.7 Å². The molecule has 0 amide bonds. The second-order valence-electron chi connectivity index (χ2n) is 2.34. The molecule has 0 fully saturated rings. The molecule has 4 nitrogen and oxygen atoms in total. The monoisotopic (exact) mass is 160 g/mol. The maximum Gasteiger partial charge on any atom is 0.187 e. The van der Waals surface area contributed by atoms with Crippen molar-refractivity contribution < 1.29 is 19.7 Å². The Hall–Kier alpha value is -0.420. The van der Waals surface area contributed by atoms with Crippen molar-refractivity contribution in [3.63, 3.8) is 0 Å². The minimum absolute atomic E-state index is 0.0942. The van der Waals surface area contributed by atoms with Crippen LogP contribution in [0.2, 0.25) is 0 Å². The van der Waals surface area contributed by atoms with Crippen LogP contribution in [0.4, 0.5) is 0 Å². The van der Waals surface area contributed by atoms with Gasteiger partial charge < -0.3 is 19.7 Å². The second kappa shape index (κ2) is 3.82. The Balaban J connectivity index is 2.52. The topological polar surface area (TPSA) is 58.9 Å². The summed E-state index contributed by atoms with van der Waals surface area (Å²) in [5.41, 5.74) is 0. The Morgan fingerprint density at radius 3 is 2.82 bits per heavy atom. The van der Waals surface area contributed by atoms with Crippen molar-refractivity contribution in [1.29, 1.82) is 0 Å². The maximum atomic E-state index is 9.16. The van der Waals surface area contributed by atoms with E-state index in [1.54, 1.807) is 12.2 Å². The van der Waals surface area contributed by atoms with E-state index in [9.17, 15) is 0 Å². The first-order valence-electron chi connectivity index (χ1n) is 3.43. The van der Waals surface area contributed by atoms with Crippen LogP contribution in [-0.2, 0) is 9.47 Å². The molecule has 1 heterocycles. The van der Waals surface area contributed by atoms with Gasteiger partial charge >= 0.3 is 0 Å². The third-order valence-electron chi connectivity index (χ3n) is 1.52. The Morgan fingerprint density at radius 2 is 2.27 bits per heavy atom. The Labute approximate surface area is 65.0 Å². The molecule has 3 unspecified atom stereocenters. The van der Waals surface area contributed by atoms with Crippen LogP contribution in [-0.4, -0.2) is 42.4 Å². The quantitative estimate of drug-likeness (QED) is 0.523. The van der Waals surface area contributed by atoms with Gasteiger partial charge in [-0.25, -0.2) is 0 Å². The lowest BCUT2D eigenvalue weighted by molar-refractivity contribution is -0.195. The van der Waals surface area contributed by atoms with Gasteiger partial charge in [0.2, 0.25) is 0 Å². The molecule has 4 heteroatoms. The van der Waals surface area contributed by atoms with Crippen molar-refractivity contribution >= 4 is 0 Å². The third kappa shape index (κ3) is 2.00. The molecule has 2 N–H and O–H groups in total. The molecule has 1 aliphatic rings. The van der Waals surface area contributed by atoms with E-state index in [0.29, 0.717) is 0 Å². The van der Waals surface area contributed by atoms with Gasteiger partial charge in [-0.1, -0.05) is 12.2 Å². The summed E-state index contributed by atoms with van der Waals surface area (Å²) < 4.78 is 9.89. The Bertz CT molecular complexity index is 145. The molecule has 0 saturated carbocycles. The SMILES string of the molecule is COC1OC(CO)C=CC1O. The van der Waals surface area contributed by atoms with Crippen LogP contribution >= 0.6 is 0 Å². The number of aliphatic hydroxyl groups excluding tert-OH is 2. The zero-order chi connectivity index (χ0) is 8.27. The molecule has 64 valence electrons. The lowest BCUT2D eigenvalue weighted by atomic mass is 10.2. The van der Waals surface area contributed by atoms with Gasteiger partial charge in [0, 0.05) is 7.11 Å². The Kier molecular flexibility index (Phi) is 3.02. The average molecular weight is 160 g/mol. The van der Waals surface area contributed by atoms with Crippen LogP contribution in [0.3, 0.4) is 0 Å². The fourth-order valence-corrected chi connectivity index (χ4v) is 0.925. The Morgan fingerprint density at radius 1 is 1.55 bits per heavy atom. The number of hydrogen-bond acceptors (Lipinski definition) is 4. The van der Waals surface area contributed by atoms with Gasteiger partial charge in [-0.05, 0) is 0 Å². The van der Waals surface area contributed by atoms with Crippen molar-refractivity contribution in [1.82, 2.24) is 0 Å². The van der Waals surface area contributed by atoms with Crippen molar-refractivity contribution in [3.05, 3.63) is 12.2 Å². The molecule has 0 aromatic heterocycles. The van der Waals surface area contributed by atoms with E-state index >= 15 is 0 Å². The molecule has 0 aliphatic carbocycles. The van der Waals surface area contributed by atoms with Crippen molar-refractivity contribution in [2.45, 2.75) is 18.5 Å². The summed E-state index contributed by atoms with van der Waals surface area (Å²) in [5, 5.41) is 17.8. The van der Waals surface area contributed by atoms with Crippen LogP contribution < -0.4 is 0 Å². The lowest BCUT2D eigenvalue weighted by Gasteiger charge is -2.27. The fraction of sp³-hybridized carbons (Fsp3) is 0.714. The summed E-state index contributed by atoms with van der Waals surface area (Å²) in [6, 6.07) is 0. The number of rotatable bonds is 2. The molecule has 1 rings (SSSR count). The normalized spacial score (nSPS) is 37.5. The molecule has 0 bridgehead atoms. The van der Waals surface area contributed by atoms with E-state index in [-0.39, 0.29) is 12.7 Å². The smallest absolute Gasteiger partial charge is 0.187 e. The lowest BCUT2D eigenvalue weighted by Crippen LogP contribution is -2.37. The maximum absolute atomic E-state index is 9.16. The summed E-state index contributed by atoms with van der Waals surface area (Å²) in [5.74, 6) is 0. The number of aliphatic hydroxyl groups is 2. The number of ether oxygens (including phenoxy) is 2. The molecule has 3 atom stereocenters. The summed E-state index contributed by atoms with van der Waals surface area (Å²) in [6.07, 6.45) is 1.42. The molecule has 0 aromatic rings. The summed E-state index contributed by atoms with van der Waals surface area (Å²) >= 11 is 0. The summed E-state index contributed by atoms with van der Waals surface area (Å²) in [7, 11) is 1.45. The van der Waals surface area contributed by atoms with E-state index in [1.807, 2.05) is 0 Å². The molecule has 0 saturated heterocycles. The summed E-state index contributed by atoms with van der Waals surface area (Å²) in [4.78, 5) is 0. The van der Waals surface area contributed by atoms with E-state index < -0.39 is 12.4 Å². The highest BCUT2D eigenvalue weighted by atomic mass is 16.7. The third-order valence-corrected chi connectivity index (χ3v) is 1.52. The van der Waals surface area contributed by atoms with E-state index in [4.69, 9.17) is 19.7 Å². The highest BCUT2D eigenvalue weighted by molar-refractivity contribution is 4.99. The highest BCUT2D eigenvalue weighted by Gasteiger charge is 2.24. The first-order chi connectivity index (χ1) is 5.27. The van der Waals surface area contributed by atoms with Gasteiger partial charge in [0.1, 0.15) is 12.2 Å². The number of methoxy groups -OCH3 is 1. The van der Waals surface area contributed by atoms with E-state index in [2.05, 4.69) is 0 Å². The standard InChI is InChI=1S/C7H12O4/c1-10-7-6(9)3-2-5(4-8)11-7/h2-3,5-9H,4H2,1H3. The fourth-order valence-electron chi connectivity index (χ4n) is 0.925. The first-order valence-corrected chi connectivity index (χ1v) is 3.43. The molecular weight excluding hydrogens is 148 g/mol. The molecule has 0 aromatic carbocycles. The molecule has 0 radical (unpaired) electrons. The van der Waals surface area contributed by atoms with Gasteiger partial charge in [0.05, 0.1) is 6.61 Å². The van der Waals surface area contributed by atoms with Crippen LogP contribution in [0.5, 0.6) is 0 Å². The molecular formula is C7H12O4. The number of hydrogen-bond donors (Lipinski definition) is 2. The minimum Gasteiger partial charge on any atom is -0.393 e. The summed E-state index contributed by atoms with van der Waals surface area (Å²) in [6.45, 7) is -0.0942. The molecule has 11 heavy (non-hydrogen) atoms. The van der Waals surface area contributed by atoms with Crippen LogP contribution in [0.1, 0.15) is 0 Å². The van der Waals surface area contributed by atoms with E-state index in [1.165, 1.54) is 7.11 Å². The zero-order valence-corrected chi connectivity index (χ0v) is 6.30. The van der Waals surface area contributed by atoms with Gasteiger partial charge in [-0.15, -0.1) is 0 Å². The molecule has 1 aliphatic heterocycles. The van der Waals surface area contributed by atoms with Crippen molar-refractivity contribution in [3.8, 4) is 0 Å². The van der Waals surface area contributed by atoms with Gasteiger partial charge in [0.25, 0.3) is 0 Å². The van der Waals surface area contributed by atoms with Crippen LogP contribution in [0.25, 0.3) is 0 Å². The average Bonchev–Trinajstić information content (AvgIpc) is 2.05. The van der Waals surface area contributed by atoms with Gasteiger partial charge in [-0.2, -0.15) is 0 Å². The van der Waals surface area contributed by atoms with E-state index in [0.717, 1.165) is 0 Å². The predicted octanol–water partition coefficient (Wildman–Crippen LogP) is -0.733. The minimum atomic E-state index is -0.734. The largest absolute Gasteiger partial charge is 0.393 e. The van der Waals surface area contributed by atoms with Crippen molar-refractivity contribution in [2.24, 2.45) is 0 Å². The molecule has 0 spiro atoms. The zero-order valence-electron chi connectivity index (χ0n) is 6.30. The first kappa shape index (κ1) is 8.67. The second-order valence-corrected chi connectivity index (χ2v) is 2.34. The van der Waals surface area contributed by atoms with Crippen LogP contribution in [0.15, 0.2) is 12.2 Å². The van der Waals surface area contributed by atoms with Crippen LogP contribution in [0, 0.1) is 0 Å².